The summed E-state index contributed by atoms with van der Waals surface area (Å²) in [5.41, 5.74) is 1.47. The van der Waals surface area contributed by atoms with Crippen molar-refractivity contribution in [1.29, 1.82) is 0 Å². The van der Waals surface area contributed by atoms with Gasteiger partial charge in [-0.2, -0.15) is 0 Å². The maximum atomic E-state index is 13.7. The zero-order chi connectivity index (χ0) is 14.5. The Labute approximate surface area is 121 Å². The van der Waals surface area contributed by atoms with Crippen LogP contribution in [-0.4, -0.2) is 11.4 Å². The summed E-state index contributed by atoms with van der Waals surface area (Å²) < 4.78 is 13.7. The SMILES string of the molecule is CC=C1C=C(NC(=O)Nc2ccccc2)C(F)=C[C@@H]1Cl. The Balaban J connectivity index is 2.06. The lowest BCUT2D eigenvalue weighted by molar-refractivity contribution is 0.254. The van der Waals surface area contributed by atoms with E-state index >= 15 is 0 Å². The molecule has 0 saturated carbocycles. The molecule has 0 spiro atoms. The molecule has 0 bridgehead atoms. The van der Waals surface area contributed by atoms with Gasteiger partial charge >= 0.3 is 6.03 Å². The predicted octanol–water partition coefficient (Wildman–Crippen LogP) is 4.11. The van der Waals surface area contributed by atoms with Crippen molar-refractivity contribution in [3.63, 3.8) is 0 Å². The van der Waals surface area contributed by atoms with Gasteiger partial charge in [0.1, 0.15) is 5.83 Å². The number of benzene rings is 1. The largest absolute Gasteiger partial charge is 0.323 e. The molecule has 5 heteroatoms. The van der Waals surface area contributed by atoms with Gasteiger partial charge in [0.25, 0.3) is 0 Å². The summed E-state index contributed by atoms with van der Waals surface area (Å²) in [6.45, 7) is 1.81. The molecule has 1 aromatic carbocycles. The lowest BCUT2D eigenvalue weighted by Crippen LogP contribution is -2.29. The molecule has 0 saturated heterocycles. The third kappa shape index (κ3) is 3.48. The first-order valence-corrected chi connectivity index (χ1v) is 6.56. The van der Waals surface area contributed by atoms with Crippen LogP contribution in [0.2, 0.25) is 0 Å². The Bertz CT molecular complexity index is 593. The Morgan fingerprint density at radius 2 is 2.00 bits per heavy atom. The van der Waals surface area contributed by atoms with Gasteiger partial charge in [0, 0.05) is 5.69 Å². The fraction of sp³-hybridized carbons (Fsp3) is 0.133. The summed E-state index contributed by atoms with van der Waals surface area (Å²) in [5.74, 6) is -0.543. The highest BCUT2D eigenvalue weighted by atomic mass is 35.5. The van der Waals surface area contributed by atoms with Gasteiger partial charge in [-0.1, -0.05) is 24.3 Å². The first-order valence-electron chi connectivity index (χ1n) is 6.13. The fourth-order valence-corrected chi connectivity index (χ4v) is 2.07. The van der Waals surface area contributed by atoms with Crippen molar-refractivity contribution in [1.82, 2.24) is 5.32 Å². The maximum absolute atomic E-state index is 13.7. The molecule has 1 aliphatic rings. The van der Waals surface area contributed by atoms with Gasteiger partial charge in [-0.15, -0.1) is 11.6 Å². The molecule has 2 rings (SSSR count). The Morgan fingerprint density at radius 3 is 2.65 bits per heavy atom. The number of carbonyl (C=O) groups excluding carboxylic acids is 1. The first-order chi connectivity index (χ1) is 9.60. The van der Waals surface area contributed by atoms with E-state index in [4.69, 9.17) is 11.6 Å². The van der Waals surface area contributed by atoms with Gasteiger partial charge in [-0.25, -0.2) is 9.18 Å². The average molecular weight is 293 g/mol. The topological polar surface area (TPSA) is 41.1 Å². The highest BCUT2D eigenvalue weighted by Crippen LogP contribution is 2.25. The smallest absolute Gasteiger partial charge is 0.308 e. The summed E-state index contributed by atoms with van der Waals surface area (Å²) in [7, 11) is 0. The van der Waals surface area contributed by atoms with Gasteiger partial charge in [0.15, 0.2) is 0 Å². The summed E-state index contributed by atoms with van der Waals surface area (Å²) in [4.78, 5) is 11.8. The average Bonchev–Trinajstić information content (AvgIpc) is 2.43. The number of anilines is 1. The van der Waals surface area contributed by atoms with E-state index in [2.05, 4.69) is 10.6 Å². The lowest BCUT2D eigenvalue weighted by Gasteiger charge is -2.17. The normalized spacial score (nSPS) is 20.1. The van der Waals surface area contributed by atoms with Gasteiger partial charge in [0.2, 0.25) is 0 Å². The molecule has 104 valence electrons. The minimum atomic E-state index is -0.543. The molecule has 0 unspecified atom stereocenters. The molecule has 2 N–H and O–H groups in total. The van der Waals surface area contributed by atoms with Crippen LogP contribution < -0.4 is 10.6 Å². The molecule has 0 fully saturated rings. The van der Waals surface area contributed by atoms with Crippen LogP contribution in [0.3, 0.4) is 0 Å². The van der Waals surface area contributed by atoms with Crippen molar-refractivity contribution >= 4 is 23.3 Å². The van der Waals surface area contributed by atoms with E-state index in [1.165, 1.54) is 12.2 Å². The van der Waals surface area contributed by atoms with E-state index in [0.717, 1.165) is 5.57 Å². The van der Waals surface area contributed by atoms with Crippen LogP contribution in [-0.2, 0) is 0 Å². The number of hydrogen-bond donors (Lipinski definition) is 2. The number of rotatable bonds is 2. The van der Waals surface area contributed by atoms with Crippen LogP contribution in [0, 0.1) is 0 Å². The van der Waals surface area contributed by atoms with E-state index in [9.17, 15) is 9.18 Å². The van der Waals surface area contributed by atoms with Crippen molar-refractivity contribution in [2.45, 2.75) is 12.3 Å². The number of halogens is 2. The molecule has 3 nitrogen and oxygen atoms in total. The number of nitrogens with one attached hydrogen (secondary N) is 2. The first kappa shape index (κ1) is 14.3. The number of alkyl halides is 1. The number of hydrogen-bond acceptors (Lipinski definition) is 1. The van der Waals surface area contributed by atoms with E-state index in [-0.39, 0.29) is 5.70 Å². The Kier molecular flexibility index (Phi) is 4.58. The predicted molar refractivity (Wildman–Crippen MR) is 79.3 cm³/mol. The van der Waals surface area contributed by atoms with Crippen molar-refractivity contribution in [3.8, 4) is 0 Å². The highest BCUT2D eigenvalue weighted by molar-refractivity contribution is 6.24. The Morgan fingerprint density at radius 1 is 1.30 bits per heavy atom. The molecule has 1 aromatic rings. The van der Waals surface area contributed by atoms with E-state index in [0.29, 0.717) is 5.69 Å². The quantitative estimate of drug-likeness (QED) is 0.791. The molecule has 1 aliphatic carbocycles. The number of carbonyl (C=O) groups is 1. The molecular weight excluding hydrogens is 279 g/mol. The third-order valence-electron chi connectivity index (χ3n) is 2.79. The molecule has 1 atom stereocenters. The third-order valence-corrected chi connectivity index (χ3v) is 3.17. The summed E-state index contributed by atoms with van der Waals surface area (Å²) in [6, 6.07) is 8.42. The van der Waals surface area contributed by atoms with E-state index in [1.54, 1.807) is 37.3 Å². The molecular formula is C15H14ClFN2O. The van der Waals surface area contributed by atoms with E-state index < -0.39 is 17.2 Å². The number of amides is 2. The molecule has 0 radical (unpaired) electrons. The van der Waals surface area contributed by atoms with Crippen molar-refractivity contribution < 1.29 is 9.18 Å². The number of para-hydroxylation sites is 1. The van der Waals surface area contributed by atoms with Crippen LogP contribution in [0.15, 0.2) is 65.7 Å². The number of urea groups is 1. The maximum Gasteiger partial charge on any atom is 0.323 e. The molecule has 0 heterocycles. The Hall–Kier alpha value is -2.07. The fourth-order valence-electron chi connectivity index (χ4n) is 1.77. The zero-order valence-electron chi connectivity index (χ0n) is 10.9. The minimum absolute atomic E-state index is 0.100. The number of allylic oxidation sites excluding steroid dienone is 5. The van der Waals surface area contributed by atoms with Crippen LogP contribution in [0.5, 0.6) is 0 Å². The van der Waals surface area contributed by atoms with Crippen molar-refractivity contribution in [2.24, 2.45) is 0 Å². The monoisotopic (exact) mass is 292 g/mol. The molecule has 0 aromatic heterocycles. The minimum Gasteiger partial charge on any atom is -0.308 e. The van der Waals surface area contributed by atoms with Gasteiger partial charge in [-0.3, -0.25) is 0 Å². The second-order valence-electron chi connectivity index (χ2n) is 4.21. The summed E-state index contributed by atoms with van der Waals surface area (Å²) >= 11 is 5.95. The van der Waals surface area contributed by atoms with Gasteiger partial charge in [-0.05, 0) is 36.8 Å². The standard InChI is InChI=1S/C15H14ClFN2O/c1-2-10-8-14(13(17)9-12(10)16)19-15(20)18-11-6-4-3-5-7-11/h2-9,12H,1H3,(H2,18,19,20)/t12-/m0/s1. The van der Waals surface area contributed by atoms with Crippen LogP contribution in [0.25, 0.3) is 0 Å². The zero-order valence-corrected chi connectivity index (χ0v) is 11.6. The van der Waals surface area contributed by atoms with Gasteiger partial charge < -0.3 is 10.6 Å². The summed E-state index contributed by atoms with van der Waals surface area (Å²) in [5, 5.41) is 4.58. The van der Waals surface area contributed by atoms with Gasteiger partial charge in [0.05, 0.1) is 11.1 Å². The molecule has 20 heavy (non-hydrogen) atoms. The van der Waals surface area contributed by atoms with Crippen molar-refractivity contribution in [3.05, 3.63) is 65.7 Å². The lowest BCUT2D eigenvalue weighted by atomic mass is 10.0. The van der Waals surface area contributed by atoms with Crippen molar-refractivity contribution in [2.75, 3.05) is 5.32 Å². The second kappa shape index (κ2) is 6.39. The van der Waals surface area contributed by atoms with Crippen LogP contribution >= 0.6 is 11.6 Å². The van der Waals surface area contributed by atoms with Crippen LogP contribution in [0.1, 0.15) is 6.92 Å². The van der Waals surface area contributed by atoms with E-state index in [1.807, 2.05) is 6.07 Å². The molecule has 2 amide bonds. The second-order valence-corrected chi connectivity index (χ2v) is 4.68. The molecule has 0 aliphatic heterocycles. The summed E-state index contributed by atoms with van der Waals surface area (Å²) in [6.07, 6.45) is 4.56. The highest BCUT2D eigenvalue weighted by Gasteiger charge is 2.19. The van der Waals surface area contributed by atoms with Crippen LogP contribution in [0.4, 0.5) is 14.9 Å².